The van der Waals surface area contributed by atoms with Crippen LogP contribution in [-0.2, 0) is 0 Å². The van der Waals surface area contributed by atoms with Crippen LogP contribution in [0.5, 0.6) is 0 Å². The third kappa shape index (κ3) is 3.25. The maximum absolute atomic E-state index is 14.9. The number of carbonyl (C=O) groups is 1. The topological polar surface area (TPSA) is 67.2 Å². The number of benzene rings is 2. The van der Waals surface area contributed by atoms with E-state index >= 15 is 0 Å². The number of nitrogens with zero attached hydrogens (tertiary/aromatic N) is 6. The number of anilines is 1. The van der Waals surface area contributed by atoms with Crippen molar-refractivity contribution in [3.8, 4) is 5.69 Å². The van der Waals surface area contributed by atoms with Gasteiger partial charge in [0.1, 0.15) is 17.1 Å². The van der Waals surface area contributed by atoms with Crippen LogP contribution in [-0.4, -0.2) is 56.5 Å². The summed E-state index contributed by atoms with van der Waals surface area (Å²) in [6.45, 7) is 4.30. The van der Waals surface area contributed by atoms with Crippen LogP contribution in [0.4, 0.5) is 10.1 Å². The van der Waals surface area contributed by atoms with Crippen LogP contribution in [0, 0.1) is 18.7 Å². The van der Waals surface area contributed by atoms with Crippen LogP contribution < -0.4 is 4.90 Å². The highest BCUT2D eigenvalue weighted by molar-refractivity contribution is 5.99. The van der Waals surface area contributed by atoms with Crippen LogP contribution in [0.1, 0.15) is 22.5 Å². The van der Waals surface area contributed by atoms with E-state index in [4.69, 9.17) is 0 Å². The number of halogens is 1. The van der Waals surface area contributed by atoms with Gasteiger partial charge in [-0.1, -0.05) is 24.3 Å². The Morgan fingerprint density at radius 3 is 2.70 bits per heavy atom. The molecule has 2 fully saturated rings. The van der Waals surface area contributed by atoms with Crippen molar-refractivity contribution in [1.82, 2.24) is 24.9 Å². The maximum atomic E-state index is 14.9. The van der Waals surface area contributed by atoms with E-state index in [1.165, 1.54) is 23.3 Å². The first-order valence-electron chi connectivity index (χ1n) is 11.2. The fourth-order valence-corrected chi connectivity index (χ4v) is 5.17. The van der Waals surface area contributed by atoms with E-state index in [0.717, 1.165) is 35.2 Å². The third-order valence-electron chi connectivity index (χ3n) is 6.82. The summed E-state index contributed by atoms with van der Waals surface area (Å²) in [7, 11) is 0. The summed E-state index contributed by atoms with van der Waals surface area (Å²) in [5.41, 5.74) is 3.46. The van der Waals surface area contributed by atoms with Crippen LogP contribution in [0.3, 0.4) is 0 Å². The van der Waals surface area contributed by atoms with Gasteiger partial charge in [0, 0.05) is 42.3 Å². The number of hydrogen-bond acceptors (Lipinski definition) is 5. The van der Waals surface area contributed by atoms with Crippen LogP contribution >= 0.6 is 0 Å². The second-order valence-corrected chi connectivity index (χ2v) is 8.77. The molecule has 2 atom stereocenters. The van der Waals surface area contributed by atoms with Crippen molar-refractivity contribution in [2.75, 3.05) is 24.5 Å². The van der Waals surface area contributed by atoms with Crippen molar-refractivity contribution >= 4 is 22.5 Å². The molecule has 2 aliphatic rings. The summed E-state index contributed by atoms with van der Waals surface area (Å²) in [4.78, 5) is 23.6. The highest BCUT2D eigenvalue weighted by Gasteiger charge is 2.46. The van der Waals surface area contributed by atoms with E-state index in [2.05, 4.69) is 32.2 Å². The smallest absolute Gasteiger partial charge is 0.259 e. The SMILES string of the molecule is Cc1cc(N2CCC3CN(C(=O)c4c(F)cccc4-n4nccn4)C3C2)c2ccccc2n1. The van der Waals surface area contributed by atoms with Crippen molar-refractivity contribution in [2.24, 2.45) is 5.92 Å². The number of piperidine rings is 1. The molecule has 2 unspecified atom stereocenters. The van der Waals surface area contributed by atoms with Gasteiger partial charge >= 0.3 is 0 Å². The predicted molar refractivity (Wildman–Crippen MR) is 123 cm³/mol. The van der Waals surface area contributed by atoms with Crippen molar-refractivity contribution in [2.45, 2.75) is 19.4 Å². The molecule has 0 bridgehead atoms. The largest absolute Gasteiger partial charge is 0.369 e. The van der Waals surface area contributed by atoms with Crippen molar-refractivity contribution in [3.05, 3.63) is 78.0 Å². The minimum absolute atomic E-state index is 0.0227. The molecular formula is C25H23FN6O. The Balaban J connectivity index is 1.31. The Labute approximate surface area is 190 Å². The summed E-state index contributed by atoms with van der Waals surface area (Å²) >= 11 is 0. The summed E-state index contributed by atoms with van der Waals surface area (Å²) in [6.07, 6.45) is 4.02. The number of aromatic nitrogens is 4. The number of hydrogen-bond donors (Lipinski definition) is 0. The monoisotopic (exact) mass is 442 g/mol. The minimum Gasteiger partial charge on any atom is -0.369 e. The first-order chi connectivity index (χ1) is 16.1. The quantitative estimate of drug-likeness (QED) is 0.485. The lowest BCUT2D eigenvalue weighted by Crippen LogP contribution is -2.66. The van der Waals surface area contributed by atoms with Crippen molar-refractivity contribution in [3.63, 3.8) is 0 Å². The van der Waals surface area contributed by atoms with Crippen LogP contribution in [0.15, 0.2) is 60.9 Å². The van der Waals surface area contributed by atoms with Gasteiger partial charge in [-0.05, 0) is 37.6 Å². The normalized spacial score (nSPS) is 19.9. The van der Waals surface area contributed by atoms with Gasteiger partial charge in [0.05, 0.1) is 24.0 Å². The molecule has 0 radical (unpaired) electrons. The molecule has 2 aromatic heterocycles. The third-order valence-corrected chi connectivity index (χ3v) is 6.82. The van der Waals surface area contributed by atoms with Crippen molar-refractivity contribution in [1.29, 1.82) is 0 Å². The molecule has 33 heavy (non-hydrogen) atoms. The van der Waals surface area contributed by atoms with E-state index in [9.17, 15) is 9.18 Å². The van der Waals surface area contributed by atoms with E-state index < -0.39 is 5.82 Å². The average Bonchev–Trinajstić information content (AvgIpc) is 3.34. The van der Waals surface area contributed by atoms with E-state index in [1.54, 1.807) is 17.0 Å². The molecule has 0 N–H and O–H groups in total. The molecule has 1 amide bonds. The molecule has 2 aromatic carbocycles. The number of rotatable bonds is 3. The molecule has 4 aromatic rings. The number of likely N-dealkylation sites (tertiary alicyclic amines) is 1. The fourth-order valence-electron chi connectivity index (χ4n) is 5.17. The van der Waals surface area contributed by atoms with Gasteiger partial charge in [-0.2, -0.15) is 15.0 Å². The number of carbonyl (C=O) groups excluding carboxylic acids is 1. The lowest BCUT2D eigenvalue weighted by atomic mass is 9.81. The van der Waals surface area contributed by atoms with Crippen molar-refractivity contribution < 1.29 is 9.18 Å². The highest BCUT2D eigenvalue weighted by Crippen LogP contribution is 2.38. The highest BCUT2D eigenvalue weighted by atomic mass is 19.1. The molecule has 0 saturated carbocycles. The summed E-state index contributed by atoms with van der Waals surface area (Å²) in [5, 5.41) is 9.31. The molecule has 2 aliphatic heterocycles. The van der Waals surface area contributed by atoms with E-state index in [1.807, 2.05) is 25.1 Å². The van der Waals surface area contributed by atoms with Gasteiger partial charge < -0.3 is 9.80 Å². The van der Waals surface area contributed by atoms with Crippen LogP contribution in [0.25, 0.3) is 16.6 Å². The molecule has 8 heteroatoms. The second-order valence-electron chi connectivity index (χ2n) is 8.77. The summed E-state index contributed by atoms with van der Waals surface area (Å²) in [6, 6.07) is 14.9. The summed E-state index contributed by atoms with van der Waals surface area (Å²) < 4.78 is 14.9. The van der Waals surface area contributed by atoms with E-state index in [0.29, 0.717) is 24.7 Å². The van der Waals surface area contributed by atoms with Crippen LogP contribution in [0.2, 0.25) is 0 Å². The summed E-state index contributed by atoms with van der Waals surface area (Å²) in [5.74, 6) is -0.432. The Bertz CT molecular complexity index is 1350. The lowest BCUT2D eigenvalue weighted by molar-refractivity contribution is 0.00755. The Hall–Kier alpha value is -3.81. The maximum Gasteiger partial charge on any atom is 0.259 e. The Morgan fingerprint density at radius 2 is 1.85 bits per heavy atom. The number of aryl methyl sites for hydroxylation is 1. The molecule has 4 heterocycles. The molecule has 0 aliphatic carbocycles. The lowest BCUT2D eigenvalue weighted by Gasteiger charge is -2.54. The molecule has 166 valence electrons. The van der Waals surface area contributed by atoms with Gasteiger partial charge in [0.15, 0.2) is 0 Å². The van der Waals surface area contributed by atoms with Gasteiger partial charge in [0.25, 0.3) is 5.91 Å². The number of fused-ring (bicyclic) bond motifs is 2. The number of para-hydroxylation sites is 1. The zero-order chi connectivity index (χ0) is 22.5. The molecular weight excluding hydrogens is 419 g/mol. The number of pyridine rings is 1. The first kappa shape index (κ1) is 19.8. The predicted octanol–water partition coefficient (Wildman–Crippen LogP) is 3.61. The van der Waals surface area contributed by atoms with Gasteiger partial charge in [-0.25, -0.2) is 4.39 Å². The standard InChI is InChI=1S/C25H23FN6O/c1-16-13-22(18-5-2-3-7-20(18)29-16)30-12-9-17-14-31(23(17)15-30)25(33)24-19(26)6-4-8-21(24)32-27-10-11-28-32/h2-8,10-11,13,17,23H,9,12,14-15H2,1H3. The fraction of sp³-hybridized carbons (Fsp3) is 0.280. The van der Waals surface area contributed by atoms with Gasteiger partial charge in [-0.15, -0.1) is 0 Å². The van der Waals surface area contributed by atoms with E-state index in [-0.39, 0.29) is 17.5 Å². The number of amides is 1. The average molecular weight is 442 g/mol. The Morgan fingerprint density at radius 1 is 1.03 bits per heavy atom. The molecule has 7 nitrogen and oxygen atoms in total. The minimum atomic E-state index is -0.554. The zero-order valence-electron chi connectivity index (χ0n) is 18.2. The van der Waals surface area contributed by atoms with Gasteiger partial charge in [-0.3, -0.25) is 9.78 Å². The molecule has 6 rings (SSSR count). The Kier molecular flexibility index (Phi) is 4.60. The zero-order valence-corrected chi connectivity index (χ0v) is 18.2. The second kappa shape index (κ2) is 7.65. The van der Waals surface area contributed by atoms with Gasteiger partial charge in [0.2, 0.25) is 0 Å². The molecule has 0 spiro atoms. The first-order valence-corrected chi connectivity index (χ1v) is 11.2. The molecule has 2 saturated heterocycles.